The van der Waals surface area contributed by atoms with Crippen LogP contribution in [0, 0.1) is 5.82 Å². The van der Waals surface area contributed by atoms with E-state index in [0.29, 0.717) is 22.4 Å². The first-order chi connectivity index (χ1) is 22.6. The number of aliphatic hydroxyl groups excluding tert-OH is 4. The first-order valence-electron chi connectivity index (χ1n) is 15.3. The maximum atomic E-state index is 13.7. The van der Waals surface area contributed by atoms with Gasteiger partial charge in [0, 0.05) is 27.8 Å². The molecule has 2 fully saturated rings. The zero-order valence-electron chi connectivity index (χ0n) is 25.5. The fourth-order valence-corrected chi connectivity index (χ4v) is 8.14. The van der Waals surface area contributed by atoms with Crippen LogP contribution in [0.1, 0.15) is 41.7 Å². The van der Waals surface area contributed by atoms with Gasteiger partial charge in [0.05, 0.1) is 12.6 Å². The topological polar surface area (TPSA) is 148 Å². The van der Waals surface area contributed by atoms with Gasteiger partial charge in [-0.15, -0.1) is 0 Å². The van der Waals surface area contributed by atoms with Crippen LogP contribution in [0.5, 0.6) is 5.75 Å². The Balaban J connectivity index is 1.25. The highest BCUT2D eigenvalue weighted by molar-refractivity contribution is 7.86. The Morgan fingerprint density at radius 2 is 1.53 bits per heavy atom. The Labute approximate surface area is 274 Å². The molecule has 2 unspecified atom stereocenters. The monoisotopic (exact) mass is 661 g/mol. The minimum Gasteiger partial charge on any atom is -0.508 e. The zero-order valence-corrected chi connectivity index (χ0v) is 26.3. The number of phenols is 1. The highest BCUT2D eigenvalue weighted by Gasteiger charge is 2.53. The van der Waals surface area contributed by atoms with Gasteiger partial charge in [-0.25, -0.2) is 4.39 Å². The second-order valence-corrected chi connectivity index (χ2v) is 13.7. The highest BCUT2D eigenvalue weighted by atomic mass is 32.2. The van der Waals surface area contributed by atoms with E-state index in [-0.39, 0.29) is 29.1 Å². The van der Waals surface area contributed by atoms with E-state index in [0.717, 1.165) is 11.1 Å². The number of para-hydroxylation sites is 1. The van der Waals surface area contributed by atoms with E-state index in [4.69, 9.17) is 4.74 Å². The third-order valence-electron chi connectivity index (χ3n) is 9.03. The van der Waals surface area contributed by atoms with Crippen molar-refractivity contribution in [2.24, 2.45) is 0 Å². The van der Waals surface area contributed by atoms with Crippen molar-refractivity contribution in [3.63, 3.8) is 0 Å². The number of hydrogen-bond acceptors (Lipinski definition) is 8. The predicted octanol–water partition coefficient (Wildman–Crippen LogP) is 3.72. The molecule has 0 aliphatic carbocycles. The van der Waals surface area contributed by atoms with Gasteiger partial charge < -0.3 is 35.2 Å². The number of aliphatic hydroxyl groups is 4. The zero-order chi connectivity index (χ0) is 33.4. The number of β-lactam (4-membered cyclic amide) rings is 1. The molecule has 2 aliphatic heterocycles. The number of nitrogens with zero attached hydrogens (tertiary/aromatic N) is 1. The van der Waals surface area contributed by atoms with Crippen molar-refractivity contribution in [2.45, 2.75) is 54.7 Å². The van der Waals surface area contributed by atoms with Gasteiger partial charge in [0.2, 0.25) is 5.91 Å². The number of amides is 1. The number of halogens is 1. The van der Waals surface area contributed by atoms with Crippen molar-refractivity contribution in [1.82, 2.24) is 0 Å². The Morgan fingerprint density at radius 3 is 2.17 bits per heavy atom. The SMILES string of the molecule is C[C@@H](CS(=O)[C@H]1C(=O)N(c2ccccc2)[C@@H]1c1ccc(-c2ccc(C3O[C@H](CO)[C@@H](O)[C@H](O)[C@H]3O)cc2)cc1O)c1ccc(F)cc1. The molecule has 246 valence electrons. The maximum Gasteiger partial charge on any atom is 0.245 e. The highest BCUT2D eigenvalue weighted by Crippen LogP contribution is 2.46. The third-order valence-corrected chi connectivity index (χ3v) is 10.9. The van der Waals surface area contributed by atoms with Crippen LogP contribution >= 0.6 is 0 Å². The Hall–Kier alpha value is -3.97. The number of aromatic hydroxyl groups is 1. The van der Waals surface area contributed by atoms with Gasteiger partial charge in [-0.05, 0) is 58.5 Å². The first-order valence-corrected chi connectivity index (χ1v) is 16.7. The number of hydrogen-bond donors (Lipinski definition) is 5. The summed E-state index contributed by atoms with van der Waals surface area (Å²) in [6, 6.07) is 26.3. The van der Waals surface area contributed by atoms with Crippen molar-refractivity contribution in [1.29, 1.82) is 0 Å². The maximum absolute atomic E-state index is 13.7. The molecule has 5 N–H and O–H groups in total. The largest absolute Gasteiger partial charge is 0.508 e. The van der Waals surface area contributed by atoms with E-state index in [1.54, 1.807) is 83.8 Å². The van der Waals surface area contributed by atoms with Crippen LogP contribution in [0.15, 0.2) is 97.1 Å². The van der Waals surface area contributed by atoms with Crippen LogP contribution in [0.2, 0.25) is 0 Å². The lowest BCUT2D eigenvalue weighted by Gasteiger charge is -2.47. The minimum absolute atomic E-state index is 0.0764. The quantitative estimate of drug-likeness (QED) is 0.171. The van der Waals surface area contributed by atoms with Gasteiger partial charge in [0.25, 0.3) is 0 Å². The molecule has 2 heterocycles. The summed E-state index contributed by atoms with van der Waals surface area (Å²) in [5, 5.41) is 50.7. The molecule has 0 bridgehead atoms. The number of ether oxygens (including phenoxy) is 1. The summed E-state index contributed by atoms with van der Waals surface area (Å²) >= 11 is 0. The average Bonchev–Trinajstić information content (AvgIpc) is 3.07. The van der Waals surface area contributed by atoms with E-state index >= 15 is 0 Å². The van der Waals surface area contributed by atoms with Crippen LogP contribution in [0.25, 0.3) is 11.1 Å². The smallest absolute Gasteiger partial charge is 0.245 e. The lowest BCUT2D eigenvalue weighted by atomic mass is 9.89. The molecule has 9 nitrogen and oxygen atoms in total. The molecule has 0 spiro atoms. The van der Waals surface area contributed by atoms with Gasteiger partial charge in [-0.2, -0.15) is 0 Å². The Kier molecular flexibility index (Phi) is 9.56. The van der Waals surface area contributed by atoms with Crippen LogP contribution in [0.4, 0.5) is 10.1 Å². The molecule has 11 heteroatoms. The lowest BCUT2D eigenvalue weighted by molar-refractivity contribution is -0.231. The van der Waals surface area contributed by atoms with E-state index in [1.807, 2.05) is 13.0 Å². The first kappa shape index (κ1) is 33.0. The van der Waals surface area contributed by atoms with E-state index in [2.05, 4.69) is 0 Å². The van der Waals surface area contributed by atoms with Crippen LogP contribution in [-0.4, -0.2) is 77.7 Å². The second-order valence-electron chi connectivity index (χ2n) is 12.1. The fourth-order valence-electron chi connectivity index (χ4n) is 6.35. The molecule has 0 saturated carbocycles. The molecule has 0 radical (unpaired) electrons. The van der Waals surface area contributed by atoms with Crippen LogP contribution in [0.3, 0.4) is 0 Å². The molecular formula is C36H36FNO8S. The second kappa shape index (κ2) is 13.6. The molecule has 47 heavy (non-hydrogen) atoms. The third kappa shape index (κ3) is 6.34. The van der Waals surface area contributed by atoms with Crippen molar-refractivity contribution in [2.75, 3.05) is 17.3 Å². The summed E-state index contributed by atoms with van der Waals surface area (Å²) in [7, 11) is -1.61. The number of carbonyl (C=O) groups is 1. The van der Waals surface area contributed by atoms with E-state index < -0.39 is 59.2 Å². The van der Waals surface area contributed by atoms with Gasteiger partial charge in [-0.3, -0.25) is 9.00 Å². The van der Waals surface area contributed by atoms with Crippen LogP contribution < -0.4 is 4.90 Å². The number of benzene rings is 4. The molecule has 9 atom stereocenters. The van der Waals surface area contributed by atoms with Crippen molar-refractivity contribution >= 4 is 22.4 Å². The summed E-state index contributed by atoms with van der Waals surface area (Å²) in [5.41, 5.74) is 3.78. The molecule has 6 rings (SSSR count). The van der Waals surface area contributed by atoms with E-state index in [1.165, 1.54) is 12.1 Å². The van der Waals surface area contributed by atoms with Gasteiger partial charge in [0.15, 0.2) is 0 Å². The molecule has 4 aromatic rings. The summed E-state index contributed by atoms with van der Waals surface area (Å²) in [6.45, 7) is 1.36. The molecular weight excluding hydrogens is 625 g/mol. The Bertz CT molecular complexity index is 1740. The normalized spacial score (nSPS) is 27.2. The number of rotatable bonds is 9. The van der Waals surface area contributed by atoms with Gasteiger partial charge in [0.1, 0.15) is 47.3 Å². The van der Waals surface area contributed by atoms with Crippen molar-refractivity contribution in [3.05, 3.63) is 120 Å². The Morgan fingerprint density at radius 1 is 0.872 bits per heavy atom. The van der Waals surface area contributed by atoms with Gasteiger partial charge >= 0.3 is 0 Å². The number of anilines is 1. The number of carbonyl (C=O) groups excluding carboxylic acids is 1. The average molecular weight is 662 g/mol. The van der Waals surface area contributed by atoms with Crippen molar-refractivity contribution < 1.29 is 43.7 Å². The van der Waals surface area contributed by atoms with Gasteiger partial charge in [-0.1, -0.05) is 73.7 Å². The summed E-state index contributed by atoms with van der Waals surface area (Å²) < 4.78 is 32.9. The minimum atomic E-state index is -1.61. The molecule has 1 amide bonds. The predicted molar refractivity (Wildman–Crippen MR) is 175 cm³/mol. The van der Waals surface area contributed by atoms with E-state index in [9.17, 15) is 38.9 Å². The van der Waals surface area contributed by atoms with Crippen molar-refractivity contribution in [3.8, 4) is 16.9 Å². The lowest BCUT2D eigenvalue weighted by Crippen LogP contribution is -2.61. The number of phenolic OH excluding ortho intramolecular Hbond substituents is 1. The summed E-state index contributed by atoms with van der Waals surface area (Å²) in [6.07, 6.45) is -6.35. The molecule has 4 aromatic carbocycles. The summed E-state index contributed by atoms with van der Waals surface area (Å²) in [5.74, 6) is -0.762. The molecule has 2 saturated heterocycles. The summed E-state index contributed by atoms with van der Waals surface area (Å²) in [4.78, 5) is 15.1. The van der Waals surface area contributed by atoms with Crippen LogP contribution in [-0.2, 0) is 20.3 Å². The standard InChI is InChI=1S/C36H36FNO8S/c1-20(21-11-14-25(37)15-12-21)19-47(45)35-30(38(36(35)44)26-5-3-2-4-6-26)27-16-13-24(17-28(27)40)22-7-9-23(10-8-22)34-33(43)32(42)31(41)29(18-39)46-34/h2-17,20,29-35,39-43H,18-19H2,1H3/t20-,29+,30+,31+,32-,33+,34?,35+,47?/m0/s1. The fraction of sp³-hybridized carbons (Fsp3) is 0.306. The molecule has 2 aliphatic rings. The molecule has 0 aromatic heterocycles.